The van der Waals surface area contributed by atoms with Gasteiger partial charge in [0.05, 0.1) is 6.04 Å². The highest BCUT2D eigenvalue weighted by Crippen LogP contribution is 2.33. The highest BCUT2D eigenvalue weighted by Gasteiger charge is 2.31. The first-order valence-electron chi connectivity index (χ1n) is 8.04. The number of carbonyl (C=O) groups excluding carboxylic acids is 1. The van der Waals surface area contributed by atoms with Gasteiger partial charge in [-0.3, -0.25) is 4.79 Å². The molecule has 2 aromatic rings. The van der Waals surface area contributed by atoms with Crippen LogP contribution >= 0.6 is 11.6 Å². The number of aryl methyl sites for hydroxylation is 1. The molecular formula is C19H18ClNO2. The molecule has 2 unspecified atom stereocenters. The number of benzene rings is 2. The molecule has 0 spiro atoms. The highest BCUT2D eigenvalue weighted by atomic mass is 35.5. The third kappa shape index (κ3) is 2.81. The van der Waals surface area contributed by atoms with Gasteiger partial charge in [0.1, 0.15) is 5.75 Å². The van der Waals surface area contributed by atoms with Gasteiger partial charge < -0.3 is 10.1 Å². The molecule has 0 saturated carbocycles. The van der Waals surface area contributed by atoms with Crippen LogP contribution in [-0.2, 0) is 17.6 Å². The summed E-state index contributed by atoms with van der Waals surface area (Å²) in [5, 5.41) is 3.85. The lowest BCUT2D eigenvalue weighted by atomic mass is 9.87. The Kier molecular flexibility index (Phi) is 3.74. The minimum Gasteiger partial charge on any atom is -0.480 e. The molecule has 0 bridgehead atoms. The molecule has 1 N–H and O–H groups in total. The zero-order chi connectivity index (χ0) is 15.8. The molecule has 23 heavy (non-hydrogen) atoms. The minimum absolute atomic E-state index is 0.0426. The summed E-state index contributed by atoms with van der Waals surface area (Å²) in [5.41, 5.74) is 3.58. The van der Waals surface area contributed by atoms with Gasteiger partial charge in [0.2, 0.25) is 0 Å². The summed E-state index contributed by atoms with van der Waals surface area (Å²) in [7, 11) is 0. The highest BCUT2D eigenvalue weighted by molar-refractivity contribution is 6.30. The predicted octanol–water partition coefficient (Wildman–Crippen LogP) is 3.84. The Hall–Kier alpha value is -2.00. The van der Waals surface area contributed by atoms with E-state index in [1.165, 1.54) is 11.1 Å². The van der Waals surface area contributed by atoms with Gasteiger partial charge in [-0.25, -0.2) is 0 Å². The van der Waals surface area contributed by atoms with Crippen LogP contribution in [0.4, 0.5) is 0 Å². The van der Waals surface area contributed by atoms with Crippen molar-refractivity contribution in [3.05, 3.63) is 64.2 Å². The zero-order valence-electron chi connectivity index (χ0n) is 12.7. The molecule has 0 radical (unpaired) electrons. The van der Waals surface area contributed by atoms with Gasteiger partial charge in [0.15, 0.2) is 6.10 Å². The van der Waals surface area contributed by atoms with Crippen LogP contribution in [0.15, 0.2) is 42.5 Å². The van der Waals surface area contributed by atoms with Crippen molar-refractivity contribution in [2.24, 2.45) is 0 Å². The normalized spacial score (nSPS) is 22.0. The maximum absolute atomic E-state index is 12.6. The molecule has 1 amide bonds. The van der Waals surface area contributed by atoms with E-state index in [9.17, 15) is 4.79 Å². The monoisotopic (exact) mass is 327 g/mol. The number of fused-ring (bicyclic) bond motifs is 2. The summed E-state index contributed by atoms with van der Waals surface area (Å²) in [5.74, 6) is 0.720. The Labute approximate surface area is 140 Å². The van der Waals surface area contributed by atoms with Gasteiger partial charge in [0, 0.05) is 11.4 Å². The largest absolute Gasteiger partial charge is 0.480 e. The number of carbonyl (C=O) groups is 1. The van der Waals surface area contributed by atoms with Crippen LogP contribution < -0.4 is 10.1 Å². The van der Waals surface area contributed by atoms with Gasteiger partial charge in [0.25, 0.3) is 5.91 Å². The third-order valence-corrected chi connectivity index (χ3v) is 4.91. The second-order valence-corrected chi connectivity index (χ2v) is 6.65. The molecular weight excluding hydrogens is 310 g/mol. The summed E-state index contributed by atoms with van der Waals surface area (Å²) >= 11 is 6.01. The second-order valence-electron chi connectivity index (χ2n) is 6.21. The van der Waals surface area contributed by atoms with Crippen molar-refractivity contribution < 1.29 is 9.53 Å². The van der Waals surface area contributed by atoms with E-state index in [-0.39, 0.29) is 11.9 Å². The minimum atomic E-state index is -0.461. The van der Waals surface area contributed by atoms with E-state index in [1.807, 2.05) is 18.2 Å². The Balaban J connectivity index is 1.48. The van der Waals surface area contributed by atoms with E-state index in [0.29, 0.717) is 11.4 Å². The van der Waals surface area contributed by atoms with E-state index in [2.05, 4.69) is 23.5 Å². The molecule has 2 aliphatic rings. The number of ether oxygens (including phenoxy) is 1. The number of halogens is 1. The molecule has 4 rings (SSSR count). The topological polar surface area (TPSA) is 38.3 Å². The molecule has 1 aliphatic carbocycles. The average molecular weight is 328 g/mol. The van der Waals surface area contributed by atoms with Crippen LogP contribution in [0.5, 0.6) is 5.75 Å². The van der Waals surface area contributed by atoms with Gasteiger partial charge in [-0.15, -0.1) is 0 Å². The first-order chi connectivity index (χ1) is 11.2. The Morgan fingerprint density at radius 2 is 2.04 bits per heavy atom. The van der Waals surface area contributed by atoms with Crippen LogP contribution in [-0.4, -0.2) is 12.0 Å². The predicted molar refractivity (Wildman–Crippen MR) is 89.8 cm³/mol. The first kappa shape index (κ1) is 14.6. The van der Waals surface area contributed by atoms with Crippen LogP contribution in [0.25, 0.3) is 0 Å². The smallest absolute Gasteiger partial charge is 0.261 e. The van der Waals surface area contributed by atoms with Gasteiger partial charge in [-0.05, 0) is 54.2 Å². The lowest BCUT2D eigenvalue weighted by molar-refractivity contribution is -0.128. The lowest BCUT2D eigenvalue weighted by Gasteiger charge is -2.27. The summed E-state index contributed by atoms with van der Waals surface area (Å²) in [6.45, 7) is 0. The quantitative estimate of drug-likeness (QED) is 0.910. The molecule has 4 heteroatoms. The summed E-state index contributed by atoms with van der Waals surface area (Å²) < 4.78 is 5.78. The van der Waals surface area contributed by atoms with Crippen molar-refractivity contribution >= 4 is 17.5 Å². The Morgan fingerprint density at radius 1 is 1.17 bits per heavy atom. The standard InChI is InChI=1S/C19H18ClNO2/c20-14-8-9-17-13(10-14)11-18(23-17)19(22)21-16-7-3-5-12-4-1-2-6-15(12)16/h1-2,4,6,8-10,16,18H,3,5,7,11H2,(H,21,22). The number of amides is 1. The second kappa shape index (κ2) is 5.89. The summed E-state index contributed by atoms with van der Waals surface area (Å²) in [6, 6.07) is 13.9. The molecule has 1 aliphatic heterocycles. The summed E-state index contributed by atoms with van der Waals surface area (Å²) in [6.07, 6.45) is 3.29. The van der Waals surface area contributed by atoms with Crippen molar-refractivity contribution in [3.63, 3.8) is 0 Å². The SMILES string of the molecule is O=C(NC1CCCc2ccccc21)C1Cc2cc(Cl)ccc2O1. The molecule has 0 fully saturated rings. The maximum Gasteiger partial charge on any atom is 0.261 e. The Morgan fingerprint density at radius 3 is 2.96 bits per heavy atom. The maximum atomic E-state index is 12.6. The molecule has 118 valence electrons. The fourth-order valence-corrected chi connectivity index (χ4v) is 3.73. The van der Waals surface area contributed by atoms with Crippen molar-refractivity contribution in [1.82, 2.24) is 5.32 Å². The Bertz CT molecular complexity index is 759. The van der Waals surface area contributed by atoms with E-state index >= 15 is 0 Å². The van der Waals surface area contributed by atoms with Crippen molar-refractivity contribution in [1.29, 1.82) is 0 Å². The fraction of sp³-hybridized carbons (Fsp3) is 0.316. The summed E-state index contributed by atoms with van der Waals surface area (Å²) in [4.78, 5) is 12.6. The van der Waals surface area contributed by atoms with Crippen molar-refractivity contribution in [3.8, 4) is 5.75 Å². The number of nitrogens with one attached hydrogen (secondary N) is 1. The zero-order valence-corrected chi connectivity index (χ0v) is 13.5. The van der Waals surface area contributed by atoms with E-state index in [0.717, 1.165) is 30.6 Å². The first-order valence-corrected chi connectivity index (χ1v) is 8.42. The van der Waals surface area contributed by atoms with E-state index < -0.39 is 6.10 Å². The number of hydrogen-bond acceptors (Lipinski definition) is 2. The van der Waals surface area contributed by atoms with Crippen LogP contribution in [0, 0.1) is 0 Å². The van der Waals surface area contributed by atoms with E-state index in [4.69, 9.17) is 16.3 Å². The molecule has 3 nitrogen and oxygen atoms in total. The van der Waals surface area contributed by atoms with Gasteiger partial charge >= 0.3 is 0 Å². The molecule has 0 saturated heterocycles. The van der Waals surface area contributed by atoms with Crippen LogP contribution in [0.1, 0.15) is 35.6 Å². The average Bonchev–Trinajstić information content (AvgIpc) is 2.98. The fourth-order valence-electron chi connectivity index (χ4n) is 3.53. The third-order valence-electron chi connectivity index (χ3n) is 4.68. The number of rotatable bonds is 2. The molecule has 1 heterocycles. The van der Waals surface area contributed by atoms with Crippen LogP contribution in [0.2, 0.25) is 5.02 Å². The van der Waals surface area contributed by atoms with Crippen LogP contribution in [0.3, 0.4) is 0 Å². The van der Waals surface area contributed by atoms with Crippen molar-refractivity contribution in [2.75, 3.05) is 0 Å². The molecule has 0 aromatic heterocycles. The van der Waals surface area contributed by atoms with Crippen molar-refractivity contribution in [2.45, 2.75) is 37.8 Å². The number of hydrogen-bond donors (Lipinski definition) is 1. The van der Waals surface area contributed by atoms with E-state index in [1.54, 1.807) is 6.07 Å². The molecule has 2 atom stereocenters. The van der Waals surface area contributed by atoms with Gasteiger partial charge in [-0.2, -0.15) is 0 Å². The lowest BCUT2D eigenvalue weighted by Crippen LogP contribution is -2.40. The molecule has 2 aromatic carbocycles. The van der Waals surface area contributed by atoms with Gasteiger partial charge in [-0.1, -0.05) is 35.9 Å².